The van der Waals surface area contributed by atoms with Crippen molar-refractivity contribution in [2.45, 2.75) is 13.0 Å². The number of hydrogen-bond donors (Lipinski definition) is 1. The Labute approximate surface area is 163 Å². The highest BCUT2D eigenvalue weighted by atomic mass is 16.7. The first-order valence-electron chi connectivity index (χ1n) is 8.66. The van der Waals surface area contributed by atoms with Crippen LogP contribution in [0.15, 0.2) is 42.5 Å². The van der Waals surface area contributed by atoms with E-state index in [-0.39, 0.29) is 25.3 Å². The molecular weight excluding hydrogens is 360 g/mol. The van der Waals surface area contributed by atoms with Gasteiger partial charge in [0.1, 0.15) is 6.07 Å². The fraction of sp³-hybridized carbons (Fsp3) is 0.238. The maximum absolute atomic E-state index is 12.3. The highest BCUT2D eigenvalue weighted by Gasteiger charge is 2.16. The zero-order valence-electron chi connectivity index (χ0n) is 15.6. The number of benzene rings is 2. The summed E-state index contributed by atoms with van der Waals surface area (Å²) in [7, 11) is 1.52. The Morgan fingerprint density at radius 2 is 2.07 bits per heavy atom. The van der Waals surface area contributed by atoms with Crippen LogP contribution in [0.2, 0.25) is 0 Å². The largest absolute Gasteiger partial charge is 0.493 e. The molecule has 0 saturated carbocycles. The molecule has 0 radical (unpaired) electrons. The third-order valence-corrected chi connectivity index (χ3v) is 4.16. The van der Waals surface area contributed by atoms with Gasteiger partial charge in [0, 0.05) is 6.08 Å². The van der Waals surface area contributed by atoms with Crippen LogP contribution in [0.4, 0.5) is 0 Å². The first kappa shape index (κ1) is 19.1. The molecule has 7 nitrogen and oxygen atoms in total. The van der Waals surface area contributed by atoms with E-state index in [1.165, 1.54) is 13.2 Å². The van der Waals surface area contributed by atoms with Crippen molar-refractivity contribution in [3.63, 3.8) is 0 Å². The Kier molecular flexibility index (Phi) is 6.02. The first-order chi connectivity index (χ1) is 13.6. The lowest BCUT2D eigenvalue weighted by Crippen LogP contribution is -2.24. The summed E-state index contributed by atoms with van der Waals surface area (Å²) in [4.78, 5) is 12.3. The molecule has 1 atom stereocenters. The molecule has 144 valence electrons. The molecule has 1 aliphatic rings. The van der Waals surface area contributed by atoms with E-state index < -0.39 is 0 Å². The molecule has 0 spiro atoms. The number of carbonyl (C=O) groups excluding carboxylic acids is 1. The topological polar surface area (TPSA) is 89.8 Å². The maximum Gasteiger partial charge on any atom is 0.244 e. The average molecular weight is 380 g/mol. The van der Waals surface area contributed by atoms with Gasteiger partial charge in [-0.3, -0.25) is 4.79 Å². The highest BCUT2D eigenvalue weighted by Crippen LogP contribution is 2.34. The van der Waals surface area contributed by atoms with Gasteiger partial charge in [-0.2, -0.15) is 5.26 Å². The van der Waals surface area contributed by atoms with Gasteiger partial charge in [-0.15, -0.1) is 0 Å². The minimum Gasteiger partial charge on any atom is -0.493 e. The van der Waals surface area contributed by atoms with Crippen molar-refractivity contribution in [1.29, 1.82) is 5.26 Å². The van der Waals surface area contributed by atoms with E-state index in [1.807, 2.05) is 31.2 Å². The van der Waals surface area contributed by atoms with E-state index in [2.05, 4.69) is 5.32 Å². The SMILES string of the molecule is COc1cc(/C=C/C(=O)NC(C)c2ccc3c(c2)OCO3)ccc1OCC#N. The monoisotopic (exact) mass is 380 g/mol. The quantitative estimate of drug-likeness (QED) is 0.742. The van der Waals surface area contributed by atoms with Gasteiger partial charge in [0.25, 0.3) is 0 Å². The van der Waals surface area contributed by atoms with Gasteiger partial charge in [0.15, 0.2) is 29.6 Å². The third-order valence-electron chi connectivity index (χ3n) is 4.16. The maximum atomic E-state index is 12.3. The first-order valence-corrected chi connectivity index (χ1v) is 8.66. The third kappa shape index (κ3) is 4.54. The number of rotatable bonds is 7. The second kappa shape index (κ2) is 8.82. The molecule has 7 heteroatoms. The lowest BCUT2D eigenvalue weighted by molar-refractivity contribution is -0.117. The van der Waals surface area contributed by atoms with E-state index in [0.717, 1.165) is 11.1 Å². The van der Waals surface area contributed by atoms with Gasteiger partial charge in [0.2, 0.25) is 12.7 Å². The van der Waals surface area contributed by atoms with Crippen molar-refractivity contribution in [2.75, 3.05) is 20.5 Å². The van der Waals surface area contributed by atoms with Crippen molar-refractivity contribution in [2.24, 2.45) is 0 Å². The van der Waals surface area contributed by atoms with Crippen LogP contribution in [0.3, 0.4) is 0 Å². The van der Waals surface area contributed by atoms with Gasteiger partial charge in [-0.1, -0.05) is 12.1 Å². The summed E-state index contributed by atoms with van der Waals surface area (Å²) in [5.74, 6) is 2.13. The molecule has 0 bridgehead atoms. The Bertz CT molecular complexity index is 933. The Morgan fingerprint density at radius 3 is 2.86 bits per heavy atom. The number of nitriles is 1. The van der Waals surface area contributed by atoms with E-state index in [0.29, 0.717) is 23.0 Å². The van der Waals surface area contributed by atoms with Crippen LogP contribution in [-0.4, -0.2) is 26.4 Å². The number of carbonyl (C=O) groups is 1. The normalized spacial score (nSPS) is 13.0. The van der Waals surface area contributed by atoms with Crippen LogP contribution in [-0.2, 0) is 4.79 Å². The van der Waals surface area contributed by atoms with Gasteiger partial charge >= 0.3 is 0 Å². The second-order valence-electron chi connectivity index (χ2n) is 6.03. The molecule has 1 heterocycles. The lowest BCUT2D eigenvalue weighted by Gasteiger charge is -2.13. The average Bonchev–Trinajstić information content (AvgIpc) is 3.18. The summed E-state index contributed by atoms with van der Waals surface area (Å²) in [6.45, 7) is 2.05. The van der Waals surface area contributed by atoms with E-state index in [9.17, 15) is 4.79 Å². The second-order valence-corrected chi connectivity index (χ2v) is 6.03. The molecule has 1 aliphatic heterocycles. The number of amides is 1. The van der Waals surface area contributed by atoms with E-state index >= 15 is 0 Å². The Morgan fingerprint density at radius 1 is 1.25 bits per heavy atom. The summed E-state index contributed by atoms with van der Waals surface area (Å²) in [5.41, 5.74) is 1.69. The summed E-state index contributed by atoms with van der Waals surface area (Å²) in [6, 6.07) is 12.5. The zero-order valence-corrected chi connectivity index (χ0v) is 15.6. The molecule has 28 heavy (non-hydrogen) atoms. The molecule has 1 amide bonds. The van der Waals surface area contributed by atoms with Crippen LogP contribution in [0, 0.1) is 11.3 Å². The smallest absolute Gasteiger partial charge is 0.244 e. The number of ether oxygens (including phenoxy) is 4. The van der Waals surface area contributed by atoms with Crippen molar-refractivity contribution in [3.8, 4) is 29.1 Å². The number of hydrogen-bond acceptors (Lipinski definition) is 6. The standard InChI is InChI=1S/C21H20N2O5/c1-14(16-5-7-18-20(12-16)28-13-27-18)23-21(24)8-4-15-3-6-17(26-10-9-22)19(11-15)25-2/h3-8,11-12,14H,10,13H2,1-2H3,(H,23,24)/b8-4+. The molecule has 0 aliphatic carbocycles. The van der Waals surface area contributed by atoms with E-state index in [1.54, 1.807) is 24.3 Å². The van der Waals surface area contributed by atoms with Gasteiger partial charge in [-0.05, 0) is 48.4 Å². The van der Waals surface area contributed by atoms with E-state index in [4.69, 9.17) is 24.2 Å². The van der Waals surface area contributed by atoms with Crippen molar-refractivity contribution in [3.05, 3.63) is 53.6 Å². The Hall–Kier alpha value is -3.66. The van der Waals surface area contributed by atoms with Gasteiger partial charge < -0.3 is 24.3 Å². The predicted octanol–water partition coefficient (Wildman–Crippen LogP) is 3.22. The zero-order chi connectivity index (χ0) is 19.9. The van der Waals surface area contributed by atoms with Crippen LogP contribution in [0.1, 0.15) is 24.1 Å². The predicted molar refractivity (Wildman–Crippen MR) is 102 cm³/mol. The summed E-state index contributed by atoms with van der Waals surface area (Å²) in [5, 5.41) is 11.5. The highest BCUT2D eigenvalue weighted by molar-refractivity contribution is 5.92. The number of fused-ring (bicyclic) bond motifs is 1. The summed E-state index contributed by atoms with van der Waals surface area (Å²) < 4.78 is 21.2. The minimum absolute atomic E-state index is 0.0638. The fourth-order valence-electron chi connectivity index (χ4n) is 2.72. The van der Waals surface area contributed by atoms with Gasteiger partial charge in [-0.25, -0.2) is 0 Å². The van der Waals surface area contributed by atoms with Crippen LogP contribution < -0.4 is 24.3 Å². The number of nitrogens with one attached hydrogen (secondary N) is 1. The lowest BCUT2D eigenvalue weighted by atomic mass is 10.1. The van der Waals surface area contributed by atoms with Crippen LogP contribution in [0.5, 0.6) is 23.0 Å². The molecule has 1 N–H and O–H groups in total. The van der Waals surface area contributed by atoms with Gasteiger partial charge in [0.05, 0.1) is 13.2 Å². The molecule has 2 aromatic carbocycles. The minimum atomic E-state index is -0.228. The fourth-order valence-corrected chi connectivity index (χ4v) is 2.72. The number of nitrogens with zero attached hydrogens (tertiary/aromatic N) is 1. The van der Waals surface area contributed by atoms with Crippen molar-refractivity contribution < 1.29 is 23.7 Å². The molecule has 2 aromatic rings. The molecule has 0 aromatic heterocycles. The molecule has 1 unspecified atom stereocenters. The number of methoxy groups -OCH3 is 1. The molecule has 3 rings (SSSR count). The van der Waals surface area contributed by atoms with Crippen molar-refractivity contribution >= 4 is 12.0 Å². The summed E-state index contributed by atoms with van der Waals surface area (Å²) >= 11 is 0. The molecule has 0 saturated heterocycles. The molecule has 0 fully saturated rings. The van der Waals surface area contributed by atoms with Crippen LogP contribution >= 0.6 is 0 Å². The summed E-state index contributed by atoms with van der Waals surface area (Å²) in [6.07, 6.45) is 3.13. The molecular formula is C21H20N2O5. The van der Waals surface area contributed by atoms with Crippen LogP contribution in [0.25, 0.3) is 6.08 Å². The van der Waals surface area contributed by atoms with Crippen molar-refractivity contribution in [1.82, 2.24) is 5.32 Å². The Balaban J connectivity index is 1.62.